The Hall–Kier alpha value is -2.21. The van der Waals surface area contributed by atoms with E-state index in [-0.39, 0.29) is 11.9 Å². The number of carbonyl (C=O) groups excluding carboxylic acids is 2. The lowest BCUT2D eigenvalue weighted by Gasteiger charge is -2.14. The maximum absolute atomic E-state index is 12.1. The molecule has 0 saturated heterocycles. The van der Waals surface area contributed by atoms with Gasteiger partial charge in [0.2, 0.25) is 5.91 Å². The van der Waals surface area contributed by atoms with Crippen LogP contribution in [0.1, 0.15) is 52.9 Å². The summed E-state index contributed by atoms with van der Waals surface area (Å²) in [6.07, 6.45) is 1.00. The number of hydrogen-bond donors (Lipinski definition) is 1. The molecule has 26 heavy (non-hydrogen) atoms. The fourth-order valence-corrected chi connectivity index (χ4v) is 3.29. The van der Waals surface area contributed by atoms with Crippen LogP contribution >= 0.6 is 11.8 Å². The van der Waals surface area contributed by atoms with E-state index in [1.807, 2.05) is 6.92 Å². The van der Waals surface area contributed by atoms with E-state index in [9.17, 15) is 9.59 Å². The van der Waals surface area contributed by atoms with E-state index >= 15 is 0 Å². The molecule has 0 fully saturated rings. The Morgan fingerprint density at radius 1 is 1.27 bits per heavy atom. The van der Waals surface area contributed by atoms with Crippen molar-refractivity contribution in [3.63, 3.8) is 0 Å². The van der Waals surface area contributed by atoms with E-state index in [4.69, 9.17) is 9.15 Å². The quantitative estimate of drug-likeness (QED) is 0.705. The van der Waals surface area contributed by atoms with Crippen LogP contribution in [0.5, 0.6) is 0 Å². The van der Waals surface area contributed by atoms with Gasteiger partial charge in [0, 0.05) is 0 Å². The summed E-state index contributed by atoms with van der Waals surface area (Å²) in [5, 5.41) is 3.00. The lowest BCUT2D eigenvalue weighted by molar-refractivity contribution is -0.119. The molecule has 0 spiro atoms. The highest BCUT2D eigenvalue weighted by atomic mass is 32.2. The highest BCUT2D eigenvalue weighted by Crippen LogP contribution is 2.20. The van der Waals surface area contributed by atoms with Crippen LogP contribution < -0.4 is 5.32 Å². The van der Waals surface area contributed by atoms with Crippen LogP contribution in [0.4, 0.5) is 0 Å². The summed E-state index contributed by atoms with van der Waals surface area (Å²) in [5.74, 6) is 1.59. The smallest absolute Gasteiger partial charge is 0.341 e. The Morgan fingerprint density at radius 3 is 2.58 bits per heavy atom. The molecule has 1 atom stereocenters. The van der Waals surface area contributed by atoms with Crippen molar-refractivity contribution in [2.75, 3.05) is 12.9 Å². The van der Waals surface area contributed by atoms with Crippen molar-refractivity contribution in [2.24, 2.45) is 0 Å². The van der Waals surface area contributed by atoms with Gasteiger partial charge in [0.25, 0.3) is 0 Å². The molecule has 140 valence electrons. The molecule has 1 N–H and O–H groups in total. The molecule has 2 aromatic rings. The van der Waals surface area contributed by atoms with E-state index < -0.39 is 5.97 Å². The number of nitrogens with one attached hydrogen (secondary N) is 1. The number of furan rings is 1. The second kappa shape index (κ2) is 9.48. The van der Waals surface area contributed by atoms with Crippen LogP contribution in [0.2, 0.25) is 0 Å². The summed E-state index contributed by atoms with van der Waals surface area (Å²) in [7, 11) is 1.34. The van der Waals surface area contributed by atoms with Crippen LogP contribution in [0.25, 0.3) is 0 Å². The molecule has 1 aromatic heterocycles. The van der Waals surface area contributed by atoms with Gasteiger partial charge < -0.3 is 14.5 Å². The maximum atomic E-state index is 12.1. The Kier molecular flexibility index (Phi) is 7.33. The molecule has 0 aliphatic rings. The Morgan fingerprint density at radius 2 is 1.96 bits per heavy atom. The summed E-state index contributed by atoms with van der Waals surface area (Å²) >= 11 is 1.44. The zero-order valence-electron chi connectivity index (χ0n) is 15.6. The van der Waals surface area contributed by atoms with E-state index in [2.05, 4.69) is 36.5 Å². The summed E-state index contributed by atoms with van der Waals surface area (Å²) in [5.41, 5.74) is 2.80. The first-order valence-corrected chi connectivity index (χ1v) is 9.73. The molecule has 1 aromatic carbocycles. The van der Waals surface area contributed by atoms with Gasteiger partial charge in [0.15, 0.2) is 0 Å². The molecule has 0 unspecified atom stereocenters. The fourth-order valence-electron chi connectivity index (χ4n) is 2.58. The Balaban J connectivity index is 1.80. The fraction of sp³-hybridized carbons (Fsp3) is 0.400. The standard InChI is InChI=1S/C20H25NO4S/c1-5-15-6-8-16(9-7-15)13(2)21-19(22)12-26-11-17-10-18(14(3)25-17)20(23)24-4/h6-10,13H,5,11-12H2,1-4H3,(H,21,22)/t13-/m1/s1. The normalized spacial score (nSPS) is 11.8. The molecule has 5 nitrogen and oxygen atoms in total. The van der Waals surface area contributed by atoms with Crippen molar-refractivity contribution in [1.82, 2.24) is 5.32 Å². The molecule has 0 aliphatic carbocycles. The van der Waals surface area contributed by atoms with Gasteiger partial charge in [-0.3, -0.25) is 4.79 Å². The van der Waals surface area contributed by atoms with Crippen LogP contribution in [0.3, 0.4) is 0 Å². The van der Waals surface area contributed by atoms with E-state index in [0.29, 0.717) is 28.6 Å². The maximum Gasteiger partial charge on any atom is 0.341 e. The van der Waals surface area contributed by atoms with Gasteiger partial charge in [0.05, 0.1) is 24.7 Å². The Bertz CT molecular complexity index is 752. The monoisotopic (exact) mass is 375 g/mol. The largest absolute Gasteiger partial charge is 0.465 e. The average Bonchev–Trinajstić information content (AvgIpc) is 3.01. The SMILES string of the molecule is CCc1ccc([C@@H](C)NC(=O)CSCc2cc(C(=O)OC)c(C)o2)cc1. The third kappa shape index (κ3) is 5.39. The summed E-state index contributed by atoms with van der Waals surface area (Å²) in [6.45, 7) is 5.81. The molecule has 0 bridgehead atoms. The van der Waals surface area contributed by atoms with Gasteiger partial charge >= 0.3 is 5.97 Å². The Labute approximate surface area is 158 Å². The third-order valence-electron chi connectivity index (χ3n) is 4.12. The molecular weight excluding hydrogens is 350 g/mol. The van der Waals surface area contributed by atoms with Crippen molar-refractivity contribution in [1.29, 1.82) is 0 Å². The number of amides is 1. The van der Waals surface area contributed by atoms with Gasteiger partial charge in [-0.25, -0.2) is 4.79 Å². The van der Waals surface area contributed by atoms with Crippen LogP contribution in [-0.2, 0) is 21.7 Å². The second-order valence-electron chi connectivity index (χ2n) is 6.05. The third-order valence-corrected chi connectivity index (χ3v) is 5.07. The van der Waals surface area contributed by atoms with Crippen molar-refractivity contribution < 1.29 is 18.7 Å². The first-order valence-electron chi connectivity index (χ1n) is 8.58. The summed E-state index contributed by atoms with van der Waals surface area (Å²) in [4.78, 5) is 23.7. The number of ether oxygens (including phenoxy) is 1. The number of aryl methyl sites for hydroxylation is 2. The predicted molar refractivity (Wildman–Crippen MR) is 103 cm³/mol. The number of benzene rings is 1. The van der Waals surface area contributed by atoms with Gasteiger partial charge in [-0.2, -0.15) is 0 Å². The van der Waals surface area contributed by atoms with E-state index in [0.717, 1.165) is 12.0 Å². The summed E-state index contributed by atoms with van der Waals surface area (Å²) in [6, 6.07) is 9.92. The average molecular weight is 375 g/mol. The number of methoxy groups -OCH3 is 1. The lowest BCUT2D eigenvalue weighted by Crippen LogP contribution is -2.28. The van der Waals surface area contributed by atoms with Gasteiger partial charge in [-0.05, 0) is 37.5 Å². The first kappa shape index (κ1) is 20.1. The zero-order valence-corrected chi connectivity index (χ0v) is 16.4. The molecule has 2 rings (SSSR count). The molecule has 6 heteroatoms. The summed E-state index contributed by atoms with van der Waals surface area (Å²) < 4.78 is 10.2. The van der Waals surface area contributed by atoms with Crippen LogP contribution in [-0.4, -0.2) is 24.7 Å². The minimum atomic E-state index is -0.414. The predicted octanol–water partition coefficient (Wildman–Crippen LogP) is 4.05. The molecule has 0 aliphatic heterocycles. The highest BCUT2D eigenvalue weighted by molar-refractivity contribution is 7.99. The van der Waals surface area contributed by atoms with Gasteiger partial charge in [-0.1, -0.05) is 31.2 Å². The first-order chi connectivity index (χ1) is 12.4. The molecular formula is C20H25NO4S. The molecule has 0 saturated carbocycles. The zero-order chi connectivity index (χ0) is 19.1. The van der Waals surface area contributed by atoms with Gasteiger partial charge in [-0.15, -0.1) is 11.8 Å². The number of esters is 1. The van der Waals surface area contributed by atoms with Crippen molar-refractivity contribution in [3.8, 4) is 0 Å². The molecule has 0 radical (unpaired) electrons. The number of carbonyl (C=O) groups is 2. The van der Waals surface area contributed by atoms with Crippen LogP contribution in [0.15, 0.2) is 34.7 Å². The number of thioether (sulfide) groups is 1. The van der Waals surface area contributed by atoms with Gasteiger partial charge in [0.1, 0.15) is 17.1 Å². The minimum Gasteiger partial charge on any atom is -0.465 e. The molecule has 1 heterocycles. The van der Waals surface area contributed by atoms with Crippen molar-refractivity contribution in [3.05, 3.63) is 58.5 Å². The number of hydrogen-bond acceptors (Lipinski definition) is 5. The second-order valence-corrected chi connectivity index (χ2v) is 7.04. The topological polar surface area (TPSA) is 68.5 Å². The van der Waals surface area contributed by atoms with Crippen molar-refractivity contribution >= 4 is 23.6 Å². The highest BCUT2D eigenvalue weighted by Gasteiger charge is 2.16. The molecule has 1 amide bonds. The van der Waals surface area contributed by atoms with Crippen molar-refractivity contribution in [2.45, 2.75) is 39.0 Å². The number of rotatable bonds is 8. The lowest BCUT2D eigenvalue weighted by atomic mass is 10.1. The van der Waals surface area contributed by atoms with E-state index in [1.165, 1.54) is 24.4 Å². The van der Waals surface area contributed by atoms with Crippen LogP contribution in [0, 0.1) is 6.92 Å². The van der Waals surface area contributed by atoms with E-state index in [1.54, 1.807) is 13.0 Å². The minimum absolute atomic E-state index is 0.0291.